The number of benzene rings is 2. The molecule has 0 bridgehead atoms. The average molecular weight is 432 g/mol. The topological polar surface area (TPSA) is 108 Å². The zero-order chi connectivity index (χ0) is 21.8. The van der Waals surface area contributed by atoms with Crippen LogP contribution in [0.25, 0.3) is 0 Å². The van der Waals surface area contributed by atoms with E-state index in [-0.39, 0.29) is 20.0 Å². The molecule has 0 aromatic heterocycles. The Labute approximate surface area is 179 Å². The monoisotopic (exact) mass is 432 g/mol. The number of carbonyl (C=O) groups excluding carboxylic acids is 1. The van der Waals surface area contributed by atoms with Crippen LogP contribution in [0.1, 0.15) is 17.5 Å². The van der Waals surface area contributed by atoms with Gasteiger partial charge in [0.05, 0.1) is 14.2 Å². The molecular formula is C21H24N2O8. The fourth-order valence-corrected chi connectivity index (χ4v) is 3.60. The van der Waals surface area contributed by atoms with E-state index in [0.717, 1.165) is 11.1 Å². The highest BCUT2D eigenvalue weighted by Crippen LogP contribution is 2.43. The predicted molar refractivity (Wildman–Crippen MR) is 107 cm³/mol. The number of nitrogens with one attached hydrogen (secondary N) is 1. The predicted octanol–water partition coefficient (Wildman–Crippen LogP) is 2.06. The van der Waals surface area contributed by atoms with Gasteiger partial charge in [-0.3, -0.25) is 14.9 Å². The summed E-state index contributed by atoms with van der Waals surface area (Å²) in [6.07, 6.45) is 0.125. The SMILES string of the molecule is COc1cc(CN(CCC(=O)NO)Cc2cc(OC)c3c(c2)OCO3)cc2c1OCO2. The molecule has 0 fully saturated rings. The molecule has 0 atom stereocenters. The molecule has 166 valence electrons. The zero-order valence-electron chi connectivity index (χ0n) is 17.3. The third kappa shape index (κ3) is 4.54. The van der Waals surface area contributed by atoms with Crippen molar-refractivity contribution >= 4 is 5.91 Å². The Morgan fingerprint density at radius 1 is 0.935 bits per heavy atom. The second-order valence-electron chi connectivity index (χ2n) is 7.06. The number of hydrogen-bond acceptors (Lipinski definition) is 9. The Balaban J connectivity index is 1.57. The first-order chi connectivity index (χ1) is 15.1. The van der Waals surface area contributed by atoms with Gasteiger partial charge >= 0.3 is 0 Å². The maximum atomic E-state index is 11.6. The Morgan fingerprint density at radius 2 is 1.45 bits per heavy atom. The minimum absolute atomic E-state index is 0.125. The van der Waals surface area contributed by atoms with Crippen molar-refractivity contribution in [3.8, 4) is 34.5 Å². The maximum absolute atomic E-state index is 11.6. The normalized spacial score (nSPS) is 13.4. The molecule has 0 spiro atoms. The summed E-state index contributed by atoms with van der Waals surface area (Å²) >= 11 is 0. The van der Waals surface area contributed by atoms with Crippen LogP contribution in [0.3, 0.4) is 0 Å². The van der Waals surface area contributed by atoms with Crippen LogP contribution in [0.5, 0.6) is 34.5 Å². The quantitative estimate of drug-likeness (QED) is 0.455. The fourth-order valence-electron chi connectivity index (χ4n) is 3.60. The molecule has 2 aromatic rings. The molecule has 2 aliphatic rings. The Bertz CT molecular complexity index is 897. The van der Waals surface area contributed by atoms with E-state index < -0.39 is 5.91 Å². The largest absolute Gasteiger partial charge is 0.493 e. The molecule has 2 heterocycles. The van der Waals surface area contributed by atoms with Crippen molar-refractivity contribution in [2.75, 3.05) is 34.4 Å². The van der Waals surface area contributed by atoms with Crippen molar-refractivity contribution in [3.05, 3.63) is 35.4 Å². The number of hydroxylamine groups is 1. The number of nitrogens with zero attached hydrogens (tertiary/aromatic N) is 1. The van der Waals surface area contributed by atoms with Crippen LogP contribution in [0.15, 0.2) is 24.3 Å². The van der Waals surface area contributed by atoms with Gasteiger partial charge in [0.25, 0.3) is 0 Å². The van der Waals surface area contributed by atoms with Crippen LogP contribution >= 0.6 is 0 Å². The van der Waals surface area contributed by atoms with Crippen LogP contribution in [-0.4, -0.2) is 50.4 Å². The summed E-state index contributed by atoms with van der Waals surface area (Å²) < 4.78 is 32.8. The van der Waals surface area contributed by atoms with Crippen molar-refractivity contribution in [1.29, 1.82) is 0 Å². The van der Waals surface area contributed by atoms with Gasteiger partial charge in [-0.1, -0.05) is 0 Å². The Hall–Kier alpha value is -3.37. The molecule has 1 amide bonds. The first-order valence-corrected chi connectivity index (χ1v) is 9.69. The lowest BCUT2D eigenvalue weighted by atomic mass is 10.1. The van der Waals surface area contributed by atoms with E-state index in [1.807, 2.05) is 24.3 Å². The van der Waals surface area contributed by atoms with Crippen molar-refractivity contribution in [3.63, 3.8) is 0 Å². The second-order valence-corrected chi connectivity index (χ2v) is 7.06. The number of rotatable bonds is 9. The Morgan fingerprint density at radius 3 is 1.90 bits per heavy atom. The van der Waals surface area contributed by atoms with E-state index in [0.29, 0.717) is 54.1 Å². The van der Waals surface area contributed by atoms with E-state index in [1.165, 1.54) is 0 Å². The van der Waals surface area contributed by atoms with Gasteiger partial charge in [0.15, 0.2) is 23.0 Å². The second kappa shape index (κ2) is 9.19. The van der Waals surface area contributed by atoms with Gasteiger partial charge in [0.2, 0.25) is 31.0 Å². The molecule has 10 nitrogen and oxygen atoms in total. The smallest absolute Gasteiger partial charge is 0.244 e. The maximum Gasteiger partial charge on any atom is 0.244 e. The molecule has 0 saturated carbocycles. The first kappa shape index (κ1) is 20.9. The van der Waals surface area contributed by atoms with Gasteiger partial charge in [-0.2, -0.15) is 0 Å². The van der Waals surface area contributed by atoms with E-state index in [4.69, 9.17) is 33.6 Å². The number of hydrogen-bond donors (Lipinski definition) is 2. The van der Waals surface area contributed by atoms with Gasteiger partial charge < -0.3 is 28.4 Å². The third-order valence-electron chi connectivity index (χ3n) is 5.03. The number of carbonyl (C=O) groups is 1. The molecule has 2 aliphatic heterocycles. The average Bonchev–Trinajstić information content (AvgIpc) is 3.45. The summed E-state index contributed by atoms with van der Waals surface area (Å²) in [5, 5.41) is 8.86. The first-order valence-electron chi connectivity index (χ1n) is 9.69. The van der Waals surface area contributed by atoms with Crippen LogP contribution < -0.4 is 33.9 Å². The summed E-state index contributed by atoms with van der Waals surface area (Å²) in [6.45, 7) is 1.70. The molecule has 10 heteroatoms. The van der Waals surface area contributed by atoms with Gasteiger partial charge in [-0.05, 0) is 35.4 Å². The number of fused-ring (bicyclic) bond motifs is 2. The molecule has 0 saturated heterocycles. The van der Waals surface area contributed by atoms with E-state index in [2.05, 4.69) is 4.90 Å². The molecule has 31 heavy (non-hydrogen) atoms. The van der Waals surface area contributed by atoms with Gasteiger partial charge in [-0.25, -0.2) is 5.48 Å². The minimum atomic E-state index is -0.462. The van der Waals surface area contributed by atoms with Crippen molar-refractivity contribution < 1.29 is 38.4 Å². The lowest BCUT2D eigenvalue weighted by Gasteiger charge is -2.23. The molecule has 2 N–H and O–H groups in total. The Kier molecular flexibility index (Phi) is 6.19. The lowest BCUT2D eigenvalue weighted by molar-refractivity contribution is -0.129. The van der Waals surface area contributed by atoms with Crippen molar-refractivity contribution in [1.82, 2.24) is 10.4 Å². The van der Waals surface area contributed by atoms with Crippen molar-refractivity contribution in [2.45, 2.75) is 19.5 Å². The van der Waals surface area contributed by atoms with E-state index in [1.54, 1.807) is 19.7 Å². The number of amides is 1. The highest BCUT2D eigenvalue weighted by molar-refractivity contribution is 5.74. The van der Waals surface area contributed by atoms with Crippen molar-refractivity contribution in [2.24, 2.45) is 0 Å². The van der Waals surface area contributed by atoms with Crippen LogP contribution in [-0.2, 0) is 17.9 Å². The molecule has 0 radical (unpaired) electrons. The van der Waals surface area contributed by atoms with Gasteiger partial charge in [-0.15, -0.1) is 0 Å². The van der Waals surface area contributed by atoms with E-state index >= 15 is 0 Å². The van der Waals surface area contributed by atoms with E-state index in [9.17, 15) is 4.79 Å². The zero-order valence-corrected chi connectivity index (χ0v) is 17.3. The van der Waals surface area contributed by atoms with Crippen LogP contribution in [0.2, 0.25) is 0 Å². The molecule has 4 rings (SSSR count). The summed E-state index contributed by atoms with van der Waals surface area (Å²) in [7, 11) is 3.15. The van der Waals surface area contributed by atoms with Gasteiger partial charge in [0, 0.05) is 26.1 Å². The van der Waals surface area contributed by atoms with Gasteiger partial charge in [0.1, 0.15) is 0 Å². The lowest BCUT2D eigenvalue weighted by Crippen LogP contribution is -2.29. The highest BCUT2D eigenvalue weighted by Gasteiger charge is 2.23. The fraction of sp³-hybridized carbons (Fsp3) is 0.381. The standard InChI is InChI=1S/C21H24N2O8/c1-26-15-5-13(7-17-20(15)30-11-28-17)9-23(4-3-19(24)22-25)10-14-6-16(27-2)21-18(8-14)29-12-31-21/h5-8,25H,3-4,9-12H2,1-2H3,(H,22,24). The summed E-state index contributed by atoms with van der Waals surface area (Å²) in [5.74, 6) is 3.11. The number of ether oxygens (including phenoxy) is 6. The molecule has 0 unspecified atom stereocenters. The molecule has 0 aliphatic carbocycles. The minimum Gasteiger partial charge on any atom is -0.493 e. The third-order valence-corrected chi connectivity index (χ3v) is 5.03. The summed E-state index contributed by atoms with van der Waals surface area (Å²) in [4.78, 5) is 13.7. The highest BCUT2D eigenvalue weighted by atomic mass is 16.7. The van der Waals surface area contributed by atoms with Crippen LogP contribution in [0.4, 0.5) is 0 Å². The molecule has 2 aromatic carbocycles. The summed E-state index contributed by atoms with van der Waals surface area (Å²) in [5.41, 5.74) is 3.53. The van der Waals surface area contributed by atoms with Crippen LogP contribution in [0, 0.1) is 0 Å². The summed E-state index contributed by atoms with van der Waals surface area (Å²) in [6, 6.07) is 7.55. The number of methoxy groups -OCH3 is 2. The molecular weight excluding hydrogens is 408 g/mol.